The van der Waals surface area contributed by atoms with E-state index in [9.17, 15) is 9.59 Å². The molecular formula is C44H40N4O2. The SMILES string of the molecule is O=C(/C=C\C(=O)Nc1cccc(N(Cc2ccccc2)Cc2ccccc2)c1)Nc1cccc(N(Cc2ccccc2)Cc2ccccc2)c1. The van der Waals surface area contributed by atoms with Crippen LogP contribution in [0.15, 0.2) is 182 Å². The van der Waals surface area contributed by atoms with Crippen molar-refractivity contribution in [2.24, 2.45) is 0 Å². The number of hydrogen-bond donors (Lipinski definition) is 2. The number of benzene rings is 6. The standard InChI is InChI=1S/C44H40N4O2/c49-43(45-39-23-13-25-41(29-39)47(31-35-15-5-1-6-16-35)32-36-17-7-2-8-18-36)27-28-44(50)46-40-24-14-26-42(30-40)48(33-37-19-9-3-10-20-37)34-38-21-11-4-12-22-38/h1-30H,31-34H2,(H,45,49)(H,46,50)/b28-27-. The molecule has 2 N–H and O–H groups in total. The van der Waals surface area contributed by atoms with E-state index in [1.807, 2.05) is 121 Å². The summed E-state index contributed by atoms with van der Waals surface area (Å²) in [5, 5.41) is 5.83. The van der Waals surface area contributed by atoms with Crippen molar-refractivity contribution in [1.29, 1.82) is 0 Å². The highest BCUT2D eigenvalue weighted by molar-refractivity contribution is 6.07. The Morgan fingerprint density at radius 3 is 1.00 bits per heavy atom. The third-order valence-electron chi connectivity index (χ3n) is 8.21. The maximum atomic E-state index is 12.9. The molecule has 0 spiro atoms. The zero-order chi connectivity index (χ0) is 34.4. The molecule has 0 unspecified atom stereocenters. The second-order valence-corrected chi connectivity index (χ2v) is 12.1. The lowest BCUT2D eigenvalue weighted by molar-refractivity contribution is -0.114. The van der Waals surface area contributed by atoms with Gasteiger partial charge in [0.1, 0.15) is 0 Å². The van der Waals surface area contributed by atoms with Gasteiger partial charge in [0.25, 0.3) is 0 Å². The number of nitrogens with one attached hydrogen (secondary N) is 2. The van der Waals surface area contributed by atoms with Crippen molar-refractivity contribution in [2.45, 2.75) is 26.2 Å². The van der Waals surface area contributed by atoms with Crippen molar-refractivity contribution in [2.75, 3.05) is 20.4 Å². The molecule has 0 aromatic heterocycles. The van der Waals surface area contributed by atoms with Gasteiger partial charge >= 0.3 is 0 Å². The van der Waals surface area contributed by atoms with E-state index in [1.54, 1.807) is 0 Å². The van der Waals surface area contributed by atoms with E-state index in [0.29, 0.717) is 37.6 Å². The van der Waals surface area contributed by atoms with Gasteiger partial charge in [-0.2, -0.15) is 0 Å². The molecule has 50 heavy (non-hydrogen) atoms. The Labute approximate surface area is 294 Å². The zero-order valence-corrected chi connectivity index (χ0v) is 27.9. The zero-order valence-electron chi connectivity index (χ0n) is 27.9. The van der Waals surface area contributed by atoms with Gasteiger partial charge in [0.05, 0.1) is 0 Å². The third kappa shape index (κ3) is 10.1. The summed E-state index contributed by atoms with van der Waals surface area (Å²) in [6.45, 7) is 2.85. The fourth-order valence-electron chi connectivity index (χ4n) is 5.77. The smallest absolute Gasteiger partial charge is 0.248 e. The fourth-order valence-corrected chi connectivity index (χ4v) is 5.77. The molecule has 6 rings (SSSR count). The van der Waals surface area contributed by atoms with Crippen LogP contribution in [0.5, 0.6) is 0 Å². The molecule has 0 fully saturated rings. The van der Waals surface area contributed by atoms with E-state index >= 15 is 0 Å². The van der Waals surface area contributed by atoms with E-state index in [2.05, 4.69) is 69.0 Å². The molecule has 0 saturated carbocycles. The highest BCUT2D eigenvalue weighted by atomic mass is 16.2. The van der Waals surface area contributed by atoms with Crippen molar-refractivity contribution in [3.8, 4) is 0 Å². The molecule has 6 aromatic rings. The Morgan fingerprint density at radius 1 is 0.400 bits per heavy atom. The first-order valence-corrected chi connectivity index (χ1v) is 16.7. The van der Waals surface area contributed by atoms with Crippen LogP contribution < -0.4 is 20.4 Å². The second-order valence-electron chi connectivity index (χ2n) is 12.1. The van der Waals surface area contributed by atoms with Crippen molar-refractivity contribution in [3.63, 3.8) is 0 Å². The fraction of sp³-hybridized carbons (Fsp3) is 0.0909. The summed E-state index contributed by atoms with van der Waals surface area (Å²) in [7, 11) is 0. The summed E-state index contributed by atoms with van der Waals surface area (Å²) >= 11 is 0. The Hall–Kier alpha value is -6.40. The van der Waals surface area contributed by atoms with E-state index < -0.39 is 0 Å². The molecule has 2 amide bonds. The molecule has 0 aliphatic carbocycles. The van der Waals surface area contributed by atoms with E-state index in [1.165, 1.54) is 34.4 Å². The lowest BCUT2D eigenvalue weighted by atomic mass is 10.1. The van der Waals surface area contributed by atoms with Gasteiger partial charge < -0.3 is 20.4 Å². The number of rotatable bonds is 14. The number of carbonyl (C=O) groups is 2. The predicted octanol–water partition coefficient (Wildman–Crippen LogP) is 9.23. The Morgan fingerprint density at radius 2 is 0.700 bits per heavy atom. The number of anilines is 4. The van der Waals surface area contributed by atoms with Crippen molar-refractivity contribution >= 4 is 34.6 Å². The third-order valence-corrected chi connectivity index (χ3v) is 8.21. The minimum absolute atomic E-state index is 0.388. The van der Waals surface area contributed by atoms with E-state index in [-0.39, 0.29) is 11.8 Å². The van der Waals surface area contributed by atoms with Crippen molar-refractivity contribution in [1.82, 2.24) is 0 Å². The van der Waals surface area contributed by atoms with Crippen molar-refractivity contribution in [3.05, 3.63) is 204 Å². The summed E-state index contributed by atoms with van der Waals surface area (Å²) in [5.41, 5.74) is 8.02. The molecule has 6 aromatic carbocycles. The van der Waals surface area contributed by atoms with Crippen LogP contribution >= 0.6 is 0 Å². The summed E-state index contributed by atoms with van der Waals surface area (Å²) < 4.78 is 0. The average Bonchev–Trinajstić information content (AvgIpc) is 3.15. The molecule has 0 aliphatic rings. The number of nitrogens with zero attached hydrogens (tertiary/aromatic N) is 2. The summed E-state index contributed by atoms with van der Waals surface area (Å²) in [5.74, 6) is -0.777. The minimum Gasteiger partial charge on any atom is -0.363 e. The lowest BCUT2D eigenvalue weighted by Gasteiger charge is -2.26. The van der Waals surface area contributed by atoms with Crippen LogP contribution in [-0.2, 0) is 35.8 Å². The lowest BCUT2D eigenvalue weighted by Crippen LogP contribution is -2.22. The quantitative estimate of drug-likeness (QED) is 0.115. The van der Waals surface area contributed by atoms with Crippen LogP contribution in [0.4, 0.5) is 22.7 Å². The molecule has 0 bridgehead atoms. The molecular weight excluding hydrogens is 617 g/mol. The number of carbonyl (C=O) groups excluding carboxylic acids is 2. The van der Waals surface area contributed by atoms with Crippen LogP contribution in [0.1, 0.15) is 22.3 Å². The Balaban J connectivity index is 1.10. The van der Waals surface area contributed by atoms with Gasteiger partial charge in [-0.1, -0.05) is 133 Å². The summed E-state index contributed by atoms with van der Waals surface area (Å²) in [6.07, 6.45) is 2.52. The van der Waals surface area contributed by atoms with Crippen LogP contribution in [0, 0.1) is 0 Å². The first-order chi connectivity index (χ1) is 24.6. The van der Waals surface area contributed by atoms with Gasteiger partial charge in [0, 0.05) is 61.1 Å². The normalized spacial score (nSPS) is 10.8. The van der Waals surface area contributed by atoms with Gasteiger partial charge in [-0.25, -0.2) is 0 Å². The first kappa shape index (κ1) is 33.5. The highest BCUT2D eigenvalue weighted by Gasteiger charge is 2.12. The van der Waals surface area contributed by atoms with Crippen LogP contribution in [-0.4, -0.2) is 11.8 Å². The molecule has 0 aliphatic heterocycles. The predicted molar refractivity (Wildman–Crippen MR) is 205 cm³/mol. The van der Waals surface area contributed by atoms with Gasteiger partial charge in [-0.15, -0.1) is 0 Å². The molecule has 6 nitrogen and oxygen atoms in total. The molecule has 0 radical (unpaired) electrons. The van der Waals surface area contributed by atoms with Crippen molar-refractivity contribution < 1.29 is 9.59 Å². The number of hydrogen-bond acceptors (Lipinski definition) is 4. The topological polar surface area (TPSA) is 64.7 Å². The minimum atomic E-state index is -0.388. The van der Waals surface area contributed by atoms with Gasteiger partial charge in [-0.3, -0.25) is 9.59 Å². The van der Waals surface area contributed by atoms with Gasteiger partial charge in [0.15, 0.2) is 0 Å². The van der Waals surface area contributed by atoms with Crippen LogP contribution in [0.2, 0.25) is 0 Å². The largest absolute Gasteiger partial charge is 0.363 e. The molecule has 0 heterocycles. The van der Waals surface area contributed by atoms with Crippen LogP contribution in [0.3, 0.4) is 0 Å². The summed E-state index contributed by atoms with van der Waals surface area (Å²) in [6, 6.07) is 56.8. The van der Waals surface area contributed by atoms with Gasteiger partial charge in [0.2, 0.25) is 11.8 Å². The Kier molecular flexibility index (Phi) is 11.5. The number of amides is 2. The van der Waals surface area contributed by atoms with Gasteiger partial charge in [-0.05, 0) is 58.7 Å². The highest BCUT2D eigenvalue weighted by Crippen LogP contribution is 2.25. The van der Waals surface area contributed by atoms with E-state index in [0.717, 1.165) is 11.4 Å². The van der Waals surface area contributed by atoms with Crippen LogP contribution in [0.25, 0.3) is 0 Å². The average molecular weight is 657 g/mol. The van der Waals surface area contributed by atoms with E-state index in [4.69, 9.17) is 0 Å². The molecule has 6 heteroatoms. The second kappa shape index (κ2) is 17.1. The molecule has 0 saturated heterocycles. The maximum Gasteiger partial charge on any atom is 0.248 e. The first-order valence-electron chi connectivity index (χ1n) is 16.7. The molecule has 0 atom stereocenters. The monoisotopic (exact) mass is 656 g/mol. The summed E-state index contributed by atoms with van der Waals surface area (Å²) in [4.78, 5) is 30.4. The molecule has 248 valence electrons. The Bertz CT molecular complexity index is 1770. The maximum absolute atomic E-state index is 12.9.